The molecule has 1 aliphatic heterocycles. The number of nitrogens with zero attached hydrogens (tertiary/aromatic N) is 1. The third kappa shape index (κ3) is 4.36. The molecule has 1 N–H and O–H groups in total. The summed E-state index contributed by atoms with van der Waals surface area (Å²) in [5.41, 5.74) is 7.53. The highest BCUT2D eigenvalue weighted by Crippen LogP contribution is 2.48. The molecule has 0 bridgehead atoms. The molecule has 2 aliphatic carbocycles. The number of benzene rings is 2. The number of nitrogens with one attached hydrogen (secondary N) is 1. The SMILES string of the molecule is Cc1cccc(NC(=O)COc2ccc(C3C4=C(CCCC4=O)N(C)C4=C3C(=O)CCC4)cc2)c1C. The lowest BCUT2D eigenvalue weighted by Crippen LogP contribution is -2.37. The van der Waals surface area contributed by atoms with Gasteiger partial charge in [-0.1, -0.05) is 24.3 Å². The fourth-order valence-electron chi connectivity index (χ4n) is 5.66. The molecule has 3 aliphatic rings. The average Bonchev–Trinajstić information content (AvgIpc) is 2.87. The van der Waals surface area contributed by atoms with Gasteiger partial charge in [0, 0.05) is 54.0 Å². The standard InChI is InChI=1S/C30H32N2O4/c1-18-7-4-8-22(19(18)2)31-27(35)17-36-21-15-13-20(14-16-21)28-29-23(9-5-11-25(29)33)32(3)24-10-6-12-26(34)30(24)28/h4,7-8,13-16,28H,5-6,9-12,17H2,1-3H3,(H,31,35). The van der Waals surface area contributed by atoms with Crippen LogP contribution in [0.15, 0.2) is 65.0 Å². The van der Waals surface area contributed by atoms with E-state index >= 15 is 0 Å². The molecule has 0 fully saturated rings. The van der Waals surface area contributed by atoms with Crippen LogP contribution in [0.3, 0.4) is 0 Å². The minimum Gasteiger partial charge on any atom is -0.484 e. The number of rotatable bonds is 5. The molecule has 186 valence electrons. The largest absolute Gasteiger partial charge is 0.484 e. The Morgan fingerprint density at radius 3 is 2.14 bits per heavy atom. The molecule has 0 atom stereocenters. The van der Waals surface area contributed by atoms with Crippen LogP contribution in [0.25, 0.3) is 0 Å². The molecule has 0 spiro atoms. The number of ether oxygens (including phenoxy) is 1. The van der Waals surface area contributed by atoms with E-state index in [1.165, 1.54) is 0 Å². The highest BCUT2D eigenvalue weighted by atomic mass is 16.5. The summed E-state index contributed by atoms with van der Waals surface area (Å²) >= 11 is 0. The molecule has 36 heavy (non-hydrogen) atoms. The zero-order chi connectivity index (χ0) is 25.4. The number of amides is 1. The van der Waals surface area contributed by atoms with Crippen molar-refractivity contribution >= 4 is 23.2 Å². The number of allylic oxidation sites excluding steroid dienone is 4. The minimum atomic E-state index is -0.326. The monoisotopic (exact) mass is 484 g/mol. The van der Waals surface area contributed by atoms with Crippen LogP contribution >= 0.6 is 0 Å². The Morgan fingerprint density at radius 1 is 0.917 bits per heavy atom. The maximum absolute atomic E-state index is 13.1. The zero-order valence-corrected chi connectivity index (χ0v) is 21.1. The van der Waals surface area contributed by atoms with E-state index in [2.05, 4.69) is 10.2 Å². The summed E-state index contributed by atoms with van der Waals surface area (Å²) in [7, 11) is 2.00. The fourth-order valence-corrected chi connectivity index (χ4v) is 5.66. The fraction of sp³-hybridized carbons (Fsp3) is 0.367. The smallest absolute Gasteiger partial charge is 0.262 e. The summed E-state index contributed by atoms with van der Waals surface area (Å²) in [4.78, 5) is 40.7. The molecule has 5 rings (SSSR count). The van der Waals surface area contributed by atoms with Crippen LogP contribution in [0.4, 0.5) is 5.69 Å². The topological polar surface area (TPSA) is 75.7 Å². The summed E-state index contributed by atoms with van der Waals surface area (Å²) in [6.07, 6.45) is 4.46. The van der Waals surface area contributed by atoms with Crippen molar-refractivity contribution in [3.05, 3.63) is 81.7 Å². The molecular weight excluding hydrogens is 452 g/mol. The molecule has 0 unspecified atom stereocenters. The molecule has 0 radical (unpaired) electrons. The molecule has 1 heterocycles. The minimum absolute atomic E-state index is 0.109. The van der Waals surface area contributed by atoms with Gasteiger partial charge in [-0.15, -0.1) is 0 Å². The second-order valence-electron chi connectivity index (χ2n) is 9.92. The molecule has 0 aromatic heterocycles. The van der Waals surface area contributed by atoms with E-state index in [9.17, 15) is 14.4 Å². The van der Waals surface area contributed by atoms with Gasteiger partial charge in [0.2, 0.25) is 0 Å². The van der Waals surface area contributed by atoms with Crippen LogP contribution in [-0.2, 0) is 14.4 Å². The number of hydrogen-bond donors (Lipinski definition) is 1. The molecule has 2 aromatic rings. The van der Waals surface area contributed by atoms with Crippen molar-refractivity contribution in [1.82, 2.24) is 4.90 Å². The summed E-state index contributed by atoms with van der Waals surface area (Å²) in [5, 5.41) is 2.90. The first-order valence-corrected chi connectivity index (χ1v) is 12.7. The number of aryl methyl sites for hydroxylation is 1. The van der Waals surface area contributed by atoms with Crippen molar-refractivity contribution in [3.8, 4) is 5.75 Å². The van der Waals surface area contributed by atoms with Gasteiger partial charge in [-0.3, -0.25) is 14.4 Å². The van der Waals surface area contributed by atoms with Crippen molar-refractivity contribution in [3.63, 3.8) is 0 Å². The van der Waals surface area contributed by atoms with E-state index in [1.54, 1.807) is 0 Å². The molecule has 6 heteroatoms. The molecule has 1 amide bonds. The summed E-state index contributed by atoms with van der Waals surface area (Å²) < 4.78 is 5.75. The maximum Gasteiger partial charge on any atom is 0.262 e. The number of carbonyl (C=O) groups is 3. The molecular formula is C30H32N2O4. The van der Waals surface area contributed by atoms with Gasteiger partial charge >= 0.3 is 0 Å². The Labute approximate surface area is 212 Å². The van der Waals surface area contributed by atoms with E-state index in [0.717, 1.165) is 70.6 Å². The van der Waals surface area contributed by atoms with Gasteiger partial charge in [0.15, 0.2) is 18.2 Å². The van der Waals surface area contributed by atoms with E-state index in [4.69, 9.17) is 4.74 Å². The van der Waals surface area contributed by atoms with E-state index < -0.39 is 0 Å². The van der Waals surface area contributed by atoms with Gasteiger partial charge < -0.3 is 15.0 Å². The maximum atomic E-state index is 13.1. The van der Waals surface area contributed by atoms with Crippen LogP contribution in [0, 0.1) is 13.8 Å². The molecule has 6 nitrogen and oxygen atoms in total. The Balaban J connectivity index is 1.36. The first-order chi connectivity index (χ1) is 17.3. The third-order valence-corrected chi connectivity index (χ3v) is 7.71. The third-order valence-electron chi connectivity index (χ3n) is 7.71. The summed E-state index contributed by atoms with van der Waals surface area (Å²) in [5.74, 6) is 0.292. The van der Waals surface area contributed by atoms with Crippen molar-refractivity contribution in [2.45, 2.75) is 58.3 Å². The molecule has 2 aromatic carbocycles. The second kappa shape index (κ2) is 9.76. The Kier molecular flexibility index (Phi) is 6.52. The summed E-state index contributed by atoms with van der Waals surface area (Å²) in [6.45, 7) is 3.87. The number of carbonyl (C=O) groups excluding carboxylic acids is 3. The lowest BCUT2D eigenvalue weighted by Gasteiger charge is -2.42. The predicted molar refractivity (Wildman–Crippen MR) is 139 cm³/mol. The quantitative estimate of drug-likeness (QED) is 0.618. The van der Waals surface area contributed by atoms with Crippen LogP contribution in [0.5, 0.6) is 5.75 Å². The normalized spacial score (nSPS) is 18.2. The highest BCUT2D eigenvalue weighted by molar-refractivity contribution is 6.06. The number of ketones is 2. The van der Waals surface area contributed by atoms with E-state index in [0.29, 0.717) is 18.6 Å². The van der Waals surface area contributed by atoms with Gasteiger partial charge in [-0.2, -0.15) is 0 Å². The molecule has 0 saturated heterocycles. The van der Waals surface area contributed by atoms with E-state index in [1.807, 2.05) is 63.4 Å². The van der Waals surface area contributed by atoms with Crippen LogP contribution in [0.2, 0.25) is 0 Å². The van der Waals surface area contributed by atoms with Gasteiger partial charge in [-0.05, 0) is 74.4 Å². The first kappa shape index (κ1) is 24.0. The van der Waals surface area contributed by atoms with Crippen LogP contribution in [0.1, 0.15) is 61.1 Å². The van der Waals surface area contributed by atoms with Gasteiger partial charge in [0.25, 0.3) is 5.91 Å². The number of anilines is 1. The summed E-state index contributed by atoms with van der Waals surface area (Å²) in [6, 6.07) is 13.3. The average molecular weight is 485 g/mol. The number of Topliss-reactive ketones (excluding diaryl/α,β-unsaturated/α-hetero) is 2. The van der Waals surface area contributed by atoms with Crippen molar-refractivity contribution in [1.29, 1.82) is 0 Å². The number of hydrogen-bond acceptors (Lipinski definition) is 5. The van der Waals surface area contributed by atoms with Gasteiger partial charge in [0.1, 0.15) is 5.75 Å². The van der Waals surface area contributed by atoms with Crippen LogP contribution in [-0.4, -0.2) is 36.0 Å². The van der Waals surface area contributed by atoms with Crippen molar-refractivity contribution < 1.29 is 19.1 Å². The van der Waals surface area contributed by atoms with Crippen LogP contribution < -0.4 is 10.1 Å². The van der Waals surface area contributed by atoms with Gasteiger partial charge in [-0.25, -0.2) is 0 Å². The van der Waals surface area contributed by atoms with E-state index in [-0.39, 0.29) is 30.0 Å². The zero-order valence-electron chi connectivity index (χ0n) is 21.1. The lowest BCUT2D eigenvalue weighted by molar-refractivity contribution is -0.118. The van der Waals surface area contributed by atoms with Crippen molar-refractivity contribution in [2.24, 2.45) is 0 Å². The Hall–Kier alpha value is -3.67. The second-order valence-corrected chi connectivity index (χ2v) is 9.92. The Morgan fingerprint density at radius 2 is 1.53 bits per heavy atom. The van der Waals surface area contributed by atoms with Crippen molar-refractivity contribution in [2.75, 3.05) is 19.0 Å². The molecule has 0 saturated carbocycles. The first-order valence-electron chi connectivity index (χ1n) is 12.7. The van der Waals surface area contributed by atoms with Gasteiger partial charge in [0.05, 0.1) is 0 Å². The predicted octanol–water partition coefficient (Wildman–Crippen LogP) is 5.36. The lowest BCUT2D eigenvalue weighted by atomic mass is 9.71. The highest BCUT2D eigenvalue weighted by Gasteiger charge is 2.42. The Bertz CT molecular complexity index is 1260.